The third-order valence-electron chi connectivity index (χ3n) is 8.46. The first-order chi connectivity index (χ1) is 20.3. The van der Waals surface area contributed by atoms with Gasteiger partial charge in [0.25, 0.3) is 5.91 Å². The number of amides is 3. The summed E-state index contributed by atoms with van der Waals surface area (Å²) in [4.78, 5) is 48.2. The molecule has 2 bridgehead atoms. The van der Waals surface area contributed by atoms with Crippen LogP contribution in [0.1, 0.15) is 18.4 Å². The van der Waals surface area contributed by atoms with Crippen molar-refractivity contribution in [2.24, 2.45) is 11.8 Å². The molecule has 3 aliphatic heterocycles. The zero-order valence-corrected chi connectivity index (χ0v) is 26.4. The molecule has 2 aromatic rings. The number of carbonyl (C=O) groups is 3. The molecular weight excluding hydrogens is 638 g/mol. The van der Waals surface area contributed by atoms with Crippen LogP contribution in [0.5, 0.6) is 0 Å². The van der Waals surface area contributed by atoms with Crippen molar-refractivity contribution >= 4 is 62.7 Å². The van der Waals surface area contributed by atoms with Crippen LogP contribution in [-0.4, -0.2) is 79.7 Å². The predicted octanol–water partition coefficient (Wildman–Crippen LogP) is 4.92. The zero-order chi connectivity index (χ0) is 30.0. The third-order valence-corrected chi connectivity index (χ3v) is 11.9. The van der Waals surface area contributed by atoms with E-state index in [1.54, 1.807) is 62.9 Å². The lowest BCUT2D eigenvalue weighted by molar-refractivity contribution is -0.144. The maximum Gasteiger partial charge on any atom is 0.251 e. The molecule has 5 rings (SSSR count). The molecule has 10 heteroatoms. The van der Waals surface area contributed by atoms with E-state index in [1.807, 2.05) is 30.3 Å². The van der Waals surface area contributed by atoms with E-state index in [-0.39, 0.29) is 47.5 Å². The normalized spacial score (nSPS) is 27.5. The number of nitrogens with zero attached hydrogens (tertiary/aromatic N) is 3. The average molecular weight is 673 g/mol. The van der Waals surface area contributed by atoms with E-state index in [0.717, 1.165) is 5.56 Å². The number of thioether (sulfide) groups is 1. The second kappa shape index (κ2) is 13.0. The fourth-order valence-corrected chi connectivity index (χ4v) is 10.5. The van der Waals surface area contributed by atoms with Crippen LogP contribution >= 0.6 is 39.3 Å². The predicted molar refractivity (Wildman–Crippen MR) is 172 cm³/mol. The maximum atomic E-state index is 14.6. The van der Waals surface area contributed by atoms with Crippen molar-refractivity contribution in [3.8, 4) is 0 Å². The highest BCUT2D eigenvalue weighted by Crippen LogP contribution is 2.68. The van der Waals surface area contributed by atoms with E-state index in [9.17, 15) is 19.5 Å². The highest BCUT2D eigenvalue weighted by atomic mass is 79.9. The van der Waals surface area contributed by atoms with Gasteiger partial charge in [0, 0.05) is 53.6 Å². The molecule has 2 aromatic carbocycles. The van der Waals surface area contributed by atoms with Crippen molar-refractivity contribution in [3.05, 3.63) is 90.5 Å². The van der Waals surface area contributed by atoms with Gasteiger partial charge in [-0.3, -0.25) is 14.4 Å². The number of aliphatic hydroxyl groups is 1. The SMILES string of the molecule is C=CCN(Cc1ccccc1)C(=O)[C@H]1[C@@H]2SC3(CC2Br)C(C(=O)N(CC=C)c2ccc(Cl)cc2)N(CCCO)C(=O)[C@H]13. The molecule has 0 aliphatic carbocycles. The molecule has 0 saturated carbocycles. The van der Waals surface area contributed by atoms with Crippen molar-refractivity contribution in [2.75, 3.05) is 31.1 Å². The summed E-state index contributed by atoms with van der Waals surface area (Å²) in [5.41, 5.74) is 1.64. The summed E-state index contributed by atoms with van der Waals surface area (Å²) in [6.07, 6.45) is 4.28. The fraction of sp³-hybridized carbons (Fsp3) is 0.406. The van der Waals surface area contributed by atoms with E-state index in [0.29, 0.717) is 36.6 Å². The Balaban J connectivity index is 1.54. The summed E-state index contributed by atoms with van der Waals surface area (Å²) in [7, 11) is 0. The highest BCUT2D eigenvalue weighted by Gasteiger charge is 2.76. The van der Waals surface area contributed by atoms with E-state index in [2.05, 4.69) is 29.1 Å². The third kappa shape index (κ3) is 5.45. The van der Waals surface area contributed by atoms with Crippen molar-refractivity contribution in [1.29, 1.82) is 0 Å². The lowest BCUT2D eigenvalue weighted by atomic mass is 9.70. The number of hydrogen-bond donors (Lipinski definition) is 1. The van der Waals surface area contributed by atoms with Crippen LogP contribution in [0.2, 0.25) is 5.02 Å². The van der Waals surface area contributed by atoms with Crippen LogP contribution in [0.4, 0.5) is 5.69 Å². The molecule has 6 atom stereocenters. The van der Waals surface area contributed by atoms with Gasteiger partial charge in [-0.1, -0.05) is 70.0 Å². The van der Waals surface area contributed by atoms with Gasteiger partial charge in [0.05, 0.1) is 16.6 Å². The van der Waals surface area contributed by atoms with Crippen LogP contribution in [0.25, 0.3) is 0 Å². The fourth-order valence-electron chi connectivity index (χ4n) is 6.80. The Morgan fingerprint density at radius 2 is 1.79 bits per heavy atom. The Bertz CT molecular complexity index is 1350. The lowest BCUT2D eigenvalue weighted by Crippen LogP contribution is -2.56. The molecule has 42 heavy (non-hydrogen) atoms. The number of rotatable bonds is 12. The van der Waals surface area contributed by atoms with Crippen LogP contribution < -0.4 is 4.90 Å². The Morgan fingerprint density at radius 3 is 2.43 bits per heavy atom. The molecular formula is C32H35BrClN3O4S. The van der Waals surface area contributed by atoms with Crippen molar-refractivity contribution in [2.45, 2.75) is 40.3 Å². The van der Waals surface area contributed by atoms with Gasteiger partial charge < -0.3 is 19.8 Å². The summed E-state index contributed by atoms with van der Waals surface area (Å²) in [5.74, 6) is -1.76. The van der Waals surface area contributed by atoms with Crippen LogP contribution in [0.15, 0.2) is 79.9 Å². The molecule has 3 fully saturated rings. The minimum absolute atomic E-state index is 0.0423. The number of alkyl halides is 1. The number of anilines is 1. The summed E-state index contributed by atoms with van der Waals surface area (Å²) >= 11 is 11.6. The van der Waals surface area contributed by atoms with Crippen LogP contribution in [0, 0.1) is 11.8 Å². The van der Waals surface area contributed by atoms with E-state index in [1.165, 1.54) is 0 Å². The number of carbonyl (C=O) groups excluding carboxylic acids is 3. The standard InChI is InChI=1S/C32H35BrClN3O4S/c1-3-15-35(20-21-9-6-5-7-10-21)29(39)25-26-30(40)37(17-8-18-38)28(32(26)19-24(33)27(25)42-32)31(41)36(16-4-2)23-13-11-22(34)12-14-23/h3-7,9-14,24-28,38H,1-2,8,15-20H2/t24?,25-,26+,27-,28?,32?/m1/s1. The van der Waals surface area contributed by atoms with Crippen LogP contribution in [0.3, 0.4) is 0 Å². The van der Waals surface area contributed by atoms with E-state index < -0.39 is 22.6 Å². The number of aliphatic hydroxyl groups excluding tert-OH is 1. The maximum absolute atomic E-state index is 14.6. The van der Waals surface area contributed by atoms with E-state index >= 15 is 0 Å². The Kier molecular flexibility index (Phi) is 9.52. The van der Waals surface area contributed by atoms with Gasteiger partial charge in [0.15, 0.2) is 0 Å². The number of fused-ring (bicyclic) bond motifs is 1. The van der Waals surface area contributed by atoms with Gasteiger partial charge in [-0.05, 0) is 42.7 Å². The van der Waals surface area contributed by atoms with Crippen LogP contribution in [-0.2, 0) is 20.9 Å². The molecule has 0 aromatic heterocycles. The molecule has 3 heterocycles. The molecule has 3 aliphatic rings. The summed E-state index contributed by atoms with van der Waals surface area (Å²) in [6.45, 7) is 8.85. The van der Waals surface area contributed by atoms with Gasteiger partial charge in [0.1, 0.15) is 6.04 Å². The first kappa shape index (κ1) is 30.9. The smallest absolute Gasteiger partial charge is 0.251 e. The largest absolute Gasteiger partial charge is 0.396 e. The summed E-state index contributed by atoms with van der Waals surface area (Å²) in [6, 6.07) is 16.0. The number of halogens is 2. The van der Waals surface area contributed by atoms with Gasteiger partial charge in [-0.25, -0.2) is 0 Å². The molecule has 3 saturated heterocycles. The number of benzene rings is 2. The molecule has 3 unspecified atom stereocenters. The minimum Gasteiger partial charge on any atom is -0.396 e. The topological polar surface area (TPSA) is 81.2 Å². The minimum atomic E-state index is -0.799. The molecule has 1 spiro atoms. The summed E-state index contributed by atoms with van der Waals surface area (Å²) < 4.78 is -0.790. The lowest BCUT2D eigenvalue weighted by Gasteiger charge is -2.38. The first-order valence-corrected chi connectivity index (χ1v) is 16.3. The Hall–Kier alpha value is -2.59. The van der Waals surface area contributed by atoms with Gasteiger partial charge in [-0.2, -0.15) is 0 Å². The van der Waals surface area contributed by atoms with Crippen molar-refractivity contribution in [3.63, 3.8) is 0 Å². The molecule has 1 N–H and O–H groups in total. The van der Waals surface area contributed by atoms with E-state index in [4.69, 9.17) is 11.6 Å². The Labute approximate surface area is 264 Å². The highest BCUT2D eigenvalue weighted by molar-refractivity contribution is 9.09. The van der Waals surface area contributed by atoms with Gasteiger partial charge in [0.2, 0.25) is 11.8 Å². The molecule has 0 radical (unpaired) electrons. The zero-order valence-electron chi connectivity index (χ0n) is 23.3. The Morgan fingerprint density at radius 1 is 1.10 bits per heavy atom. The number of likely N-dealkylation sites (tertiary alicyclic amines) is 1. The van der Waals surface area contributed by atoms with Crippen molar-refractivity contribution < 1.29 is 19.5 Å². The number of hydrogen-bond acceptors (Lipinski definition) is 5. The van der Waals surface area contributed by atoms with Gasteiger partial charge in [-0.15, -0.1) is 24.9 Å². The molecule has 222 valence electrons. The average Bonchev–Trinajstić information content (AvgIpc) is 3.58. The molecule has 7 nitrogen and oxygen atoms in total. The van der Waals surface area contributed by atoms with Crippen molar-refractivity contribution in [1.82, 2.24) is 9.80 Å². The quantitative estimate of drug-likeness (QED) is 0.256. The molecule has 3 amide bonds. The second-order valence-electron chi connectivity index (χ2n) is 11.0. The first-order valence-electron chi connectivity index (χ1n) is 14.1. The summed E-state index contributed by atoms with van der Waals surface area (Å²) in [5, 5.41) is 10.1. The monoisotopic (exact) mass is 671 g/mol. The second-order valence-corrected chi connectivity index (χ2v) is 14.1. The van der Waals surface area contributed by atoms with Gasteiger partial charge >= 0.3 is 0 Å².